The Bertz CT molecular complexity index is 7000. The summed E-state index contributed by atoms with van der Waals surface area (Å²) in [6.45, 7) is 0. The van der Waals surface area contributed by atoms with Gasteiger partial charge in [-0.05, 0) is 119 Å². The van der Waals surface area contributed by atoms with Gasteiger partial charge >= 0.3 is 0 Å². The van der Waals surface area contributed by atoms with Crippen LogP contribution in [0.4, 0.5) is 0 Å². The van der Waals surface area contributed by atoms with Crippen molar-refractivity contribution in [3.8, 4) is 73.2 Å². The predicted molar refractivity (Wildman–Crippen MR) is 455 cm³/mol. The molecule has 22 rings (SSSR count). The first-order valence-electron chi connectivity index (χ1n) is 36.4. The van der Waals surface area contributed by atoms with E-state index in [0.29, 0.717) is 0 Å². The highest BCUT2D eigenvalue weighted by Crippen LogP contribution is 2.50. The molecular formula is C100H67BrN6. The van der Waals surface area contributed by atoms with Crippen LogP contribution in [0.5, 0.6) is 0 Å². The standard InChI is InChI=1S/C50H33N3.C32H22N2.C18H12BrN/c1-4-17-34(18-5-1)47-43-32-31-42-41-27-12-15-30-46(41)52(49(42)50(43)53(36-21-8-3-9-22-36)48(47)35-19-6-2-7-20-35)38-24-16-23-37(33-38)51-44-28-13-10-25-39(44)40-26-11-14-29-45(40)51;1-4-12-22(13-5-1)29-27-21-20-26-25-18-10-11-19-28(25)33-30(26)32(27)34(24-16-8-3-9-17-24)31(29)23-14-6-2-7-15-23;19-13-6-5-7-14(12-13)20-17-10-3-1-8-15(17)16-9-2-4-11-18(16)20/h1-33H;1-21,33H;1-12H. The molecule has 6 nitrogen and oxygen atoms in total. The highest BCUT2D eigenvalue weighted by atomic mass is 79.9. The number of nitrogens with one attached hydrogen (secondary N) is 1. The fourth-order valence-electron chi connectivity index (χ4n) is 16.8. The second-order valence-electron chi connectivity index (χ2n) is 27.3. The summed E-state index contributed by atoms with van der Waals surface area (Å²) in [6, 6.07) is 143. The molecule has 0 spiro atoms. The molecule has 0 fully saturated rings. The molecule has 16 aromatic carbocycles. The fraction of sp³-hybridized carbons (Fsp3) is 0. The number of benzene rings is 16. The molecule has 0 amide bonds. The average molecular weight is 1430 g/mol. The van der Waals surface area contributed by atoms with Crippen molar-refractivity contribution < 1.29 is 0 Å². The topological polar surface area (TPSA) is 40.4 Å². The zero-order valence-corrected chi connectivity index (χ0v) is 59.8. The Morgan fingerprint density at radius 1 is 0.196 bits per heavy atom. The average Bonchev–Trinajstić information content (AvgIpc) is 1.55. The van der Waals surface area contributed by atoms with E-state index in [4.69, 9.17) is 0 Å². The van der Waals surface area contributed by atoms with Crippen LogP contribution in [0.15, 0.2) is 405 Å². The van der Waals surface area contributed by atoms with Gasteiger partial charge in [0.1, 0.15) is 0 Å². The number of aromatic amines is 1. The molecule has 0 aliphatic heterocycles. The highest BCUT2D eigenvalue weighted by Gasteiger charge is 2.28. The van der Waals surface area contributed by atoms with Crippen LogP contribution in [0, 0.1) is 0 Å². The molecule has 0 bridgehead atoms. The third-order valence-electron chi connectivity index (χ3n) is 21.2. The van der Waals surface area contributed by atoms with Crippen LogP contribution in [0.1, 0.15) is 0 Å². The minimum Gasteiger partial charge on any atom is -0.353 e. The molecule has 0 saturated carbocycles. The van der Waals surface area contributed by atoms with E-state index in [1.165, 1.54) is 154 Å². The van der Waals surface area contributed by atoms with E-state index in [2.05, 4.69) is 444 Å². The third kappa shape index (κ3) is 10.6. The summed E-state index contributed by atoms with van der Waals surface area (Å²) < 4.78 is 13.2. The maximum absolute atomic E-state index is 3.75. The van der Waals surface area contributed by atoms with Crippen molar-refractivity contribution in [3.63, 3.8) is 0 Å². The maximum Gasteiger partial charge on any atom is 0.0789 e. The predicted octanol–water partition coefficient (Wildman–Crippen LogP) is 27.3. The Morgan fingerprint density at radius 2 is 0.505 bits per heavy atom. The van der Waals surface area contributed by atoms with Gasteiger partial charge in [0.15, 0.2) is 0 Å². The number of para-hydroxylation sites is 8. The Morgan fingerprint density at radius 3 is 0.963 bits per heavy atom. The lowest BCUT2D eigenvalue weighted by atomic mass is 9.98. The van der Waals surface area contributed by atoms with Crippen molar-refractivity contribution in [3.05, 3.63) is 405 Å². The molecule has 6 heterocycles. The van der Waals surface area contributed by atoms with Gasteiger partial charge in [0, 0.05) is 103 Å². The first kappa shape index (κ1) is 63.0. The van der Waals surface area contributed by atoms with Gasteiger partial charge in [-0.3, -0.25) is 0 Å². The molecule has 22 aromatic rings. The van der Waals surface area contributed by atoms with Gasteiger partial charge in [0.25, 0.3) is 0 Å². The summed E-state index contributed by atoms with van der Waals surface area (Å²) >= 11 is 3.56. The van der Waals surface area contributed by atoms with E-state index >= 15 is 0 Å². The summed E-state index contributed by atoms with van der Waals surface area (Å²) in [6.07, 6.45) is 0. The Hall–Kier alpha value is -13.7. The van der Waals surface area contributed by atoms with Crippen molar-refractivity contribution in [1.82, 2.24) is 27.8 Å². The third-order valence-corrected chi connectivity index (χ3v) is 21.7. The van der Waals surface area contributed by atoms with Crippen LogP contribution in [0.2, 0.25) is 0 Å². The van der Waals surface area contributed by atoms with E-state index < -0.39 is 0 Å². The van der Waals surface area contributed by atoms with Crippen molar-refractivity contribution in [1.29, 1.82) is 0 Å². The molecule has 0 atom stereocenters. The summed E-state index contributed by atoms with van der Waals surface area (Å²) in [7, 11) is 0. The number of H-pyrrole nitrogens is 1. The van der Waals surface area contributed by atoms with Crippen LogP contribution in [0.3, 0.4) is 0 Å². The molecule has 0 saturated heterocycles. The lowest BCUT2D eigenvalue weighted by Gasteiger charge is -2.16. The van der Waals surface area contributed by atoms with E-state index in [9.17, 15) is 0 Å². The fourth-order valence-corrected chi connectivity index (χ4v) is 17.2. The Balaban J connectivity index is 0.000000119. The smallest absolute Gasteiger partial charge is 0.0789 e. The normalized spacial score (nSPS) is 11.6. The second-order valence-corrected chi connectivity index (χ2v) is 28.2. The number of fused-ring (bicyclic) bond motifs is 16. The Kier molecular flexibility index (Phi) is 15.6. The zero-order chi connectivity index (χ0) is 70.9. The highest BCUT2D eigenvalue weighted by molar-refractivity contribution is 9.10. The SMILES string of the molecule is Brc1cccc(-n2c3ccccc3c3ccccc32)c1.c1ccc(-c2c(-c3ccccc3)n(-c3ccccc3)c3c2ccc2c4ccccc4[nH]c23)cc1.c1ccc(-c2c(-c3ccccc3)n(-c3ccccc3)c3c2ccc2c4ccccc4n(-c4cccc(-n5c6ccccc6c6ccccc65)c4)c23)cc1. The first-order valence-corrected chi connectivity index (χ1v) is 37.2. The van der Waals surface area contributed by atoms with Gasteiger partial charge in [0.05, 0.1) is 61.0 Å². The van der Waals surface area contributed by atoms with Crippen LogP contribution < -0.4 is 0 Å². The monoisotopic (exact) mass is 1430 g/mol. The van der Waals surface area contributed by atoms with Gasteiger partial charge in [-0.25, -0.2) is 0 Å². The quantitative estimate of drug-likeness (QED) is 0.150. The lowest BCUT2D eigenvalue weighted by molar-refractivity contribution is 1.11. The minimum absolute atomic E-state index is 1.09. The lowest BCUT2D eigenvalue weighted by Crippen LogP contribution is -2.01. The summed E-state index contributed by atoms with van der Waals surface area (Å²) in [5, 5.41) is 12.5. The number of hydrogen-bond acceptors (Lipinski definition) is 0. The number of halogens is 1. The minimum atomic E-state index is 1.09. The van der Waals surface area contributed by atoms with Crippen molar-refractivity contribution >= 4 is 125 Å². The number of rotatable bonds is 9. The molecule has 6 aromatic heterocycles. The largest absolute Gasteiger partial charge is 0.353 e. The van der Waals surface area contributed by atoms with Crippen LogP contribution >= 0.6 is 15.9 Å². The van der Waals surface area contributed by atoms with E-state index in [1.807, 2.05) is 0 Å². The van der Waals surface area contributed by atoms with Gasteiger partial charge < -0.3 is 27.8 Å². The second kappa shape index (κ2) is 26.5. The zero-order valence-electron chi connectivity index (χ0n) is 58.2. The Labute approximate surface area is 626 Å². The molecule has 1 N–H and O–H groups in total. The van der Waals surface area contributed by atoms with E-state index in [1.54, 1.807) is 0 Å². The molecular weight excluding hydrogens is 1370 g/mol. The van der Waals surface area contributed by atoms with Gasteiger partial charge in [-0.15, -0.1) is 0 Å². The molecule has 0 unspecified atom stereocenters. The van der Waals surface area contributed by atoms with Crippen molar-refractivity contribution in [2.45, 2.75) is 0 Å². The van der Waals surface area contributed by atoms with E-state index in [0.717, 1.165) is 32.7 Å². The van der Waals surface area contributed by atoms with Crippen LogP contribution in [-0.4, -0.2) is 27.8 Å². The van der Waals surface area contributed by atoms with E-state index in [-0.39, 0.29) is 0 Å². The summed E-state index contributed by atoms with van der Waals surface area (Å²) in [4.78, 5) is 3.75. The molecule has 107 heavy (non-hydrogen) atoms. The van der Waals surface area contributed by atoms with Gasteiger partial charge in [0.2, 0.25) is 0 Å². The molecule has 0 radical (unpaired) electrons. The van der Waals surface area contributed by atoms with Crippen molar-refractivity contribution in [2.75, 3.05) is 0 Å². The molecule has 0 aliphatic carbocycles. The number of nitrogens with zero attached hydrogens (tertiary/aromatic N) is 5. The summed E-state index contributed by atoms with van der Waals surface area (Å²) in [5.74, 6) is 0. The van der Waals surface area contributed by atoms with Crippen LogP contribution in [0.25, 0.3) is 182 Å². The first-order chi connectivity index (χ1) is 53.1. The van der Waals surface area contributed by atoms with Gasteiger partial charge in [-0.2, -0.15) is 0 Å². The summed E-state index contributed by atoms with van der Waals surface area (Å²) in [5.41, 5.74) is 27.3. The molecule has 504 valence electrons. The number of hydrogen-bond donors (Lipinski definition) is 1. The van der Waals surface area contributed by atoms with Crippen molar-refractivity contribution in [2.24, 2.45) is 0 Å². The molecule has 0 aliphatic rings. The molecule has 7 heteroatoms. The van der Waals surface area contributed by atoms with Crippen LogP contribution in [-0.2, 0) is 0 Å². The maximum atomic E-state index is 3.75. The number of aromatic nitrogens is 6. The van der Waals surface area contributed by atoms with Gasteiger partial charge in [-0.1, -0.05) is 319 Å².